The van der Waals surface area contributed by atoms with E-state index in [2.05, 4.69) is 36.3 Å². The van der Waals surface area contributed by atoms with Crippen molar-refractivity contribution in [3.05, 3.63) is 0 Å². The van der Waals surface area contributed by atoms with Crippen LogP contribution in [0.3, 0.4) is 0 Å². The fourth-order valence-electron chi connectivity index (χ4n) is 4.13. The lowest BCUT2D eigenvalue weighted by Gasteiger charge is -2.35. The first kappa shape index (κ1) is 23.9. The van der Waals surface area contributed by atoms with Crippen LogP contribution in [-0.4, -0.2) is 49.7 Å². The minimum atomic E-state index is 0.636. The van der Waals surface area contributed by atoms with E-state index in [1.54, 1.807) is 0 Å². The highest BCUT2D eigenvalue weighted by Crippen LogP contribution is 2.10. The molecule has 0 bridgehead atoms. The predicted octanol–water partition coefficient (Wildman–Crippen LogP) is 5.35. The number of nitrogens with one attached hydrogen (secondary N) is 2. The van der Waals surface area contributed by atoms with Crippen LogP contribution in [0.2, 0.25) is 0 Å². The van der Waals surface area contributed by atoms with Crippen molar-refractivity contribution in [1.29, 1.82) is 0 Å². The van der Waals surface area contributed by atoms with E-state index >= 15 is 0 Å². The summed E-state index contributed by atoms with van der Waals surface area (Å²) in [6.07, 6.45) is 17.9. The summed E-state index contributed by atoms with van der Waals surface area (Å²) in [5.41, 5.74) is 0. The minimum Gasteiger partial charge on any atom is -0.314 e. The Bertz CT molecular complexity index is 283. The molecule has 1 rings (SSSR count). The van der Waals surface area contributed by atoms with E-state index in [9.17, 15) is 0 Å². The Morgan fingerprint density at radius 3 is 1.77 bits per heavy atom. The molecule has 156 valence electrons. The van der Waals surface area contributed by atoms with Crippen LogP contribution in [0, 0.1) is 0 Å². The monoisotopic (exact) mass is 367 g/mol. The number of unbranched alkanes of at least 4 members (excludes halogenated alkanes) is 9. The van der Waals surface area contributed by atoms with Crippen molar-refractivity contribution in [3.63, 3.8) is 0 Å². The lowest BCUT2D eigenvalue weighted by Crippen LogP contribution is -2.58. The quantitative estimate of drug-likeness (QED) is 0.339. The van der Waals surface area contributed by atoms with Crippen molar-refractivity contribution in [1.82, 2.24) is 15.5 Å². The van der Waals surface area contributed by atoms with E-state index in [4.69, 9.17) is 0 Å². The second-order valence-electron chi connectivity index (χ2n) is 8.49. The molecule has 0 radical (unpaired) electrons. The fraction of sp³-hybridized carbons (Fsp3) is 1.00. The van der Waals surface area contributed by atoms with Crippen LogP contribution >= 0.6 is 0 Å². The molecule has 0 saturated carbocycles. The zero-order valence-electron chi connectivity index (χ0n) is 18.3. The first-order valence-corrected chi connectivity index (χ1v) is 12.0. The van der Waals surface area contributed by atoms with Crippen molar-refractivity contribution in [2.75, 3.05) is 32.7 Å². The second kappa shape index (κ2) is 17.0. The zero-order valence-corrected chi connectivity index (χ0v) is 18.3. The topological polar surface area (TPSA) is 27.3 Å². The van der Waals surface area contributed by atoms with Crippen LogP contribution in [-0.2, 0) is 0 Å². The van der Waals surface area contributed by atoms with Crippen molar-refractivity contribution in [3.8, 4) is 0 Å². The molecule has 1 saturated heterocycles. The van der Waals surface area contributed by atoms with Crippen LogP contribution in [0.4, 0.5) is 0 Å². The highest BCUT2D eigenvalue weighted by atomic mass is 15.2. The third-order valence-corrected chi connectivity index (χ3v) is 5.79. The van der Waals surface area contributed by atoms with Gasteiger partial charge in [-0.3, -0.25) is 0 Å². The average Bonchev–Trinajstić information content (AvgIpc) is 2.66. The summed E-state index contributed by atoms with van der Waals surface area (Å²) < 4.78 is 0. The summed E-state index contributed by atoms with van der Waals surface area (Å²) in [7, 11) is 0. The summed E-state index contributed by atoms with van der Waals surface area (Å²) in [4.78, 5) is 2.75. The van der Waals surface area contributed by atoms with Crippen LogP contribution in [0.1, 0.15) is 104 Å². The standard InChI is InChI=1S/C23H49N3/c1-4-7-10-13-16-22-19-24-20-23(25-22)21-26(17-14-11-8-5-2)18-15-12-9-6-3/h22-25H,4-21H2,1-3H3. The smallest absolute Gasteiger partial charge is 0.0323 e. The summed E-state index contributed by atoms with van der Waals surface area (Å²) in [5.74, 6) is 0. The summed E-state index contributed by atoms with van der Waals surface area (Å²) in [6.45, 7) is 13.0. The number of piperazine rings is 1. The Kier molecular flexibility index (Phi) is 15.6. The van der Waals surface area contributed by atoms with Gasteiger partial charge in [-0.15, -0.1) is 0 Å². The van der Waals surface area contributed by atoms with E-state index in [1.807, 2.05) is 0 Å². The maximum absolute atomic E-state index is 3.96. The van der Waals surface area contributed by atoms with Gasteiger partial charge in [0.25, 0.3) is 0 Å². The highest BCUT2D eigenvalue weighted by molar-refractivity contribution is 4.85. The van der Waals surface area contributed by atoms with Crippen LogP contribution < -0.4 is 10.6 Å². The molecule has 0 amide bonds. The van der Waals surface area contributed by atoms with Gasteiger partial charge in [-0.1, -0.05) is 85.0 Å². The first-order chi connectivity index (χ1) is 12.8. The molecule has 2 unspecified atom stereocenters. The Morgan fingerprint density at radius 1 is 0.654 bits per heavy atom. The van der Waals surface area contributed by atoms with Gasteiger partial charge in [0.05, 0.1) is 0 Å². The van der Waals surface area contributed by atoms with Crippen molar-refractivity contribution in [2.45, 2.75) is 116 Å². The molecular weight excluding hydrogens is 318 g/mol. The van der Waals surface area contributed by atoms with Crippen molar-refractivity contribution < 1.29 is 0 Å². The van der Waals surface area contributed by atoms with Crippen molar-refractivity contribution >= 4 is 0 Å². The first-order valence-electron chi connectivity index (χ1n) is 12.0. The molecular formula is C23H49N3. The lowest BCUT2D eigenvalue weighted by molar-refractivity contribution is 0.203. The molecule has 0 spiro atoms. The zero-order chi connectivity index (χ0) is 18.9. The van der Waals surface area contributed by atoms with Gasteiger partial charge in [-0.2, -0.15) is 0 Å². The number of hydrogen-bond acceptors (Lipinski definition) is 3. The predicted molar refractivity (Wildman–Crippen MR) is 117 cm³/mol. The third kappa shape index (κ3) is 12.3. The maximum atomic E-state index is 3.96. The molecule has 2 N–H and O–H groups in total. The highest BCUT2D eigenvalue weighted by Gasteiger charge is 2.22. The summed E-state index contributed by atoms with van der Waals surface area (Å²) in [6, 6.07) is 1.32. The molecule has 1 aliphatic heterocycles. The van der Waals surface area contributed by atoms with E-state index in [-0.39, 0.29) is 0 Å². The van der Waals surface area contributed by atoms with Gasteiger partial charge in [0.1, 0.15) is 0 Å². The van der Waals surface area contributed by atoms with Crippen LogP contribution in [0.25, 0.3) is 0 Å². The molecule has 0 aromatic rings. The molecule has 0 aliphatic carbocycles. The molecule has 1 heterocycles. The number of hydrogen-bond donors (Lipinski definition) is 2. The largest absolute Gasteiger partial charge is 0.314 e. The Hall–Kier alpha value is -0.120. The molecule has 26 heavy (non-hydrogen) atoms. The van der Waals surface area contributed by atoms with Gasteiger partial charge in [0.2, 0.25) is 0 Å². The summed E-state index contributed by atoms with van der Waals surface area (Å²) >= 11 is 0. The van der Waals surface area contributed by atoms with Gasteiger partial charge < -0.3 is 15.5 Å². The van der Waals surface area contributed by atoms with Crippen LogP contribution in [0.5, 0.6) is 0 Å². The van der Waals surface area contributed by atoms with Gasteiger partial charge in [0, 0.05) is 31.7 Å². The molecule has 3 nitrogen and oxygen atoms in total. The van der Waals surface area contributed by atoms with E-state index in [1.165, 1.54) is 103 Å². The lowest BCUT2D eigenvalue weighted by atomic mass is 10.0. The molecule has 0 aromatic carbocycles. The molecule has 1 fully saturated rings. The Balaban J connectivity index is 2.32. The second-order valence-corrected chi connectivity index (χ2v) is 8.49. The van der Waals surface area contributed by atoms with Crippen molar-refractivity contribution in [2.24, 2.45) is 0 Å². The number of rotatable bonds is 17. The van der Waals surface area contributed by atoms with E-state index in [0.717, 1.165) is 13.1 Å². The fourth-order valence-corrected chi connectivity index (χ4v) is 4.13. The SMILES string of the molecule is CCCCCCC1CNCC(CN(CCCCCC)CCCCCC)N1. The summed E-state index contributed by atoms with van der Waals surface area (Å²) in [5, 5.41) is 7.65. The Labute approximate surface area is 165 Å². The third-order valence-electron chi connectivity index (χ3n) is 5.79. The average molecular weight is 368 g/mol. The van der Waals surface area contributed by atoms with Crippen LogP contribution in [0.15, 0.2) is 0 Å². The molecule has 1 aliphatic rings. The molecule has 3 heteroatoms. The van der Waals surface area contributed by atoms with E-state index < -0.39 is 0 Å². The van der Waals surface area contributed by atoms with Gasteiger partial charge in [0.15, 0.2) is 0 Å². The molecule has 2 atom stereocenters. The van der Waals surface area contributed by atoms with E-state index in [0.29, 0.717) is 12.1 Å². The van der Waals surface area contributed by atoms with Gasteiger partial charge in [-0.25, -0.2) is 0 Å². The minimum absolute atomic E-state index is 0.636. The van der Waals surface area contributed by atoms with Gasteiger partial charge in [-0.05, 0) is 32.4 Å². The van der Waals surface area contributed by atoms with Gasteiger partial charge >= 0.3 is 0 Å². The maximum Gasteiger partial charge on any atom is 0.0323 e. The molecule has 0 aromatic heterocycles. The normalized spacial score (nSPS) is 20.8. The Morgan fingerprint density at radius 2 is 1.19 bits per heavy atom. The number of nitrogens with zero attached hydrogens (tertiary/aromatic N) is 1.